The van der Waals surface area contributed by atoms with Gasteiger partial charge in [0.15, 0.2) is 5.75 Å². The molecule has 0 saturated carbocycles. The number of nitrogens with two attached hydrogens (primary N) is 1. The summed E-state index contributed by atoms with van der Waals surface area (Å²) in [6.45, 7) is 0.111. The zero-order valence-corrected chi connectivity index (χ0v) is 46.2. The van der Waals surface area contributed by atoms with Crippen molar-refractivity contribution in [1.82, 2.24) is 29.9 Å². The highest BCUT2D eigenvalue weighted by molar-refractivity contribution is 7.87. The number of rotatable bonds is 22. The molecule has 2 aromatic heterocycles. The fraction of sp³-hybridized carbons (Fsp3) is 0.105. The minimum absolute atomic E-state index is 0.00335. The smallest absolute Gasteiger partial charge is 0.296 e. The number of phenolic OH excluding ortho intramolecular Hbond substituents is 1. The van der Waals surface area contributed by atoms with E-state index in [1.165, 1.54) is 0 Å². The Morgan fingerprint density at radius 1 is 0.500 bits per heavy atom. The van der Waals surface area contributed by atoms with Crippen molar-refractivity contribution in [2.75, 3.05) is 53.4 Å². The number of anilines is 8. The zero-order valence-electron chi connectivity index (χ0n) is 39.8. The summed E-state index contributed by atoms with van der Waals surface area (Å²) in [4.78, 5) is 17.2. The monoisotopic (exact) mass is 1300 g/mol. The molecule has 0 radical (unpaired) electrons. The van der Waals surface area contributed by atoms with Gasteiger partial charge in [0, 0.05) is 17.9 Å². The Labute approximate surface area is 470 Å². The molecule has 14 N–H and O–H groups in total. The second kappa shape index (κ2) is 23.7. The van der Waals surface area contributed by atoms with Crippen LogP contribution in [0.5, 0.6) is 5.75 Å². The van der Waals surface area contributed by atoms with E-state index in [-0.39, 0.29) is 66.6 Å². The van der Waals surface area contributed by atoms with Crippen LogP contribution in [0.3, 0.4) is 0 Å². The lowest BCUT2D eigenvalue weighted by Crippen LogP contribution is -2.14. The van der Waals surface area contributed by atoms with Gasteiger partial charge in [-0.25, -0.2) is 0 Å². The van der Waals surface area contributed by atoms with E-state index in [0.29, 0.717) is 30.3 Å². The van der Waals surface area contributed by atoms with Crippen molar-refractivity contribution in [3.8, 4) is 5.75 Å². The molecule has 0 aliphatic rings. The highest BCUT2D eigenvalue weighted by Gasteiger charge is 2.30. The largest absolute Gasteiger partial charge is 0.505 e. The van der Waals surface area contributed by atoms with Crippen LogP contribution >= 0.6 is 23.2 Å². The number of hydrogen-bond donors (Lipinski definition) is 13. The average Bonchev–Trinajstić information content (AvgIpc) is 1.25. The molecule has 0 fully saturated rings. The normalized spacial score (nSPS) is 12.8. The third-order valence-corrected chi connectivity index (χ3v) is 15.8. The van der Waals surface area contributed by atoms with Crippen LogP contribution in [0.2, 0.25) is 10.6 Å². The molecule has 0 saturated heterocycles. The van der Waals surface area contributed by atoms with Gasteiger partial charge in [0.05, 0.1) is 41.5 Å². The van der Waals surface area contributed by atoms with Gasteiger partial charge in [0.25, 0.3) is 60.7 Å². The van der Waals surface area contributed by atoms with E-state index >= 15 is 0 Å². The topological polar surface area (TPSA) is 577 Å². The Kier molecular flexibility index (Phi) is 17.9. The van der Waals surface area contributed by atoms with E-state index < -0.39 is 146 Å². The number of aliphatic hydroxyl groups excluding tert-OH is 1. The number of phenols is 1. The van der Waals surface area contributed by atoms with Crippen LogP contribution in [0.4, 0.5) is 69.3 Å². The van der Waals surface area contributed by atoms with Gasteiger partial charge in [-0.2, -0.15) is 80.4 Å². The van der Waals surface area contributed by atoms with E-state index in [1.807, 2.05) is 0 Å². The van der Waals surface area contributed by atoms with Gasteiger partial charge in [-0.1, -0.05) is 0 Å². The number of ether oxygens (including phenoxy) is 1. The van der Waals surface area contributed by atoms with Crippen LogP contribution in [-0.2, 0) is 65.4 Å². The standard InChI is InChI=1S/C38H33Cl2N15O21S6/c39-33-46-35(42-7-9-76-10-8-56)50-38(49-33)45-20-13-17(1-4-23(20)78(61,62)63)43-36-47-34(40)48-37(51-36)44-18-2-5-24(79(64,65)66)21(14-18)52-55-31-27(82(73,74)75)12-16-11-26(81(70,71)72)30(29(41)28(16)32(31)57)54-53-22-15-19(77(58,59)60)3-6-25(22)80(67,68)69/h1-6,11-15,56-57H,7-10,41H2,(H,58,59,60)(H,61,62,63)(H,64,65,66)(H,67,68,69)(H,70,71,72)(H,73,74,75)(H2,42,45,46,49,50)(H2,43,44,47,48,51). The van der Waals surface area contributed by atoms with E-state index in [9.17, 15) is 82.9 Å². The molecule has 82 heavy (non-hydrogen) atoms. The maximum atomic E-state index is 12.8. The molecule has 7 aromatic rings. The van der Waals surface area contributed by atoms with E-state index in [0.717, 1.165) is 36.4 Å². The molecule has 7 rings (SSSR count). The highest BCUT2D eigenvalue weighted by Crippen LogP contribution is 2.49. The first-order valence-electron chi connectivity index (χ1n) is 21.3. The highest BCUT2D eigenvalue weighted by atomic mass is 35.5. The summed E-state index contributed by atoms with van der Waals surface area (Å²) >= 11 is 12.2. The summed E-state index contributed by atoms with van der Waals surface area (Å²) in [5.74, 6) is -2.63. The third-order valence-electron chi connectivity index (χ3n) is 10.1. The maximum absolute atomic E-state index is 12.8. The molecule has 0 spiro atoms. The molecule has 5 aromatic carbocycles. The second-order valence-corrected chi connectivity index (χ2v) is 24.8. The third kappa shape index (κ3) is 15.1. The van der Waals surface area contributed by atoms with Crippen molar-refractivity contribution >= 4 is 164 Å². The van der Waals surface area contributed by atoms with Gasteiger partial charge in [-0.05, 0) is 95.3 Å². The zero-order chi connectivity index (χ0) is 60.5. The number of nitrogen functional groups attached to an aromatic ring is 1. The SMILES string of the molecule is Nc1c(N=Nc2cc(S(=O)(=O)O)ccc2S(=O)(=O)O)c(S(=O)(=O)O)cc2cc(S(=O)(=O)O)c(N=Nc3cc(Nc4nc(Cl)nc(Nc5ccc(S(=O)(=O)O)c(Nc6nc(Cl)nc(NCCOCCO)n6)c5)n4)ccc3S(=O)(=O)O)c(O)c12. The minimum Gasteiger partial charge on any atom is -0.505 e. The number of azo groups is 2. The first kappa shape index (κ1) is 61.9. The second-order valence-electron chi connectivity index (χ2n) is 15.7. The van der Waals surface area contributed by atoms with Gasteiger partial charge >= 0.3 is 0 Å². The Balaban J connectivity index is 1.26. The molecule has 0 unspecified atom stereocenters. The fourth-order valence-electron chi connectivity index (χ4n) is 6.81. The lowest BCUT2D eigenvalue weighted by molar-refractivity contribution is 0.0991. The van der Waals surface area contributed by atoms with Crippen LogP contribution in [0.1, 0.15) is 0 Å². The molecular formula is C38H33Cl2N15O21S6. The van der Waals surface area contributed by atoms with Crippen molar-refractivity contribution in [3.05, 3.63) is 77.3 Å². The van der Waals surface area contributed by atoms with Crippen LogP contribution < -0.4 is 27.0 Å². The van der Waals surface area contributed by atoms with Gasteiger partial charge in [-0.3, -0.25) is 27.3 Å². The molecule has 2 heterocycles. The van der Waals surface area contributed by atoms with E-state index in [4.69, 9.17) is 38.8 Å². The first-order valence-corrected chi connectivity index (χ1v) is 30.7. The fourth-order valence-corrected chi connectivity index (χ4v) is 10.8. The Hall–Kier alpha value is -7.66. The predicted octanol–water partition coefficient (Wildman–Crippen LogP) is 4.77. The maximum Gasteiger partial charge on any atom is 0.296 e. The lowest BCUT2D eigenvalue weighted by Gasteiger charge is -2.14. The molecular weight excluding hydrogens is 1270 g/mol. The summed E-state index contributed by atoms with van der Waals surface area (Å²) in [5.41, 5.74) is 0.0816. The minimum atomic E-state index is -5.60. The summed E-state index contributed by atoms with van der Waals surface area (Å²) < 4.78 is 213. The number of aromatic nitrogens is 6. The predicted molar refractivity (Wildman–Crippen MR) is 283 cm³/mol. The number of halogens is 2. The number of aromatic hydroxyl groups is 1. The van der Waals surface area contributed by atoms with Crippen LogP contribution in [0.25, 0.3) is 10.8 Å². The molecule has 0 atom stereocenters. The first-order chi connectivity index (χ1) is 38.0. The Morgan fingerprint density at radius 2 is 0.951 bits per heavy atom. The summed E-state index contributed by atoms with van der Waals surface area (Å²) in [7, 11) is -31.8. The summed E-state index contributed by atoms with van der Waals surface area (Å²) in [6.07, 6.45) is 0. The molecule has 0 aliphatic carbocycles. The molecule has 44 heteroatoms. The average molecular weight is 1300 g/mol. The Morgan fingerprint density at radius 3 is 1.48 bits per heavy atom. The van der Waals surface area contributed by atoms with Crippen molar-refractivity contribution in [2.45, 2.75) is 29.4 Å². The summed E-state index contributed by atoms with van der Waals surface area (Å²) in [6, 6.07) is 7.93. The van der Waals surface area contributed by atoms with Crippen molar-refractivity contribution in [3.63, 3.8) is 0 Å². The molecule has 36 nitrogen and oxygen atoms in total. The molecule has 0 aliphatic heterocycles. The molecule has 0 bridgehead atoms. The van der Waals surface area contributed by atoms with Crippen LogP contribution in [-0.4, -0.2) is 144 Å². The van der Waals surface area contributed by atoms with Crippen LogP contribution in [0.15, 0.2) is 117 Å². The Bertz CT molecular complexity index is 4530. The number of fused-ring (bicyclic) bond motifs is 1. The number of benzene rings is 5. The number of hydrogen-bond acceptors (Lipinski definition) is 30. The van der Waals surface area contributed by atoms with Gasteiger partial charge in [0.1, 0.15) is 47.2 Å². The lowest BCUT2D eigenvalue weighted by atomic mass is 10.1. The van der Waals surface area contributed by atoms with Gasteiger partial charge < -0.3 is 42.0 Å². The number of nitrogens with zero attached hydrogens (tertiary/aromatic N) is 10. The van der Waals surface area contributed by atoms with Crippen molar-refractivity contribution in [2.24, 2.45) is 20.5 Å². The van der Waals surface area contributed by atoms with Crippen LogP contribution in [0, 0.1) is 0 Å². The quantitative estimate of drug-likeness (QED) is 0.0188. The summed E-state index contributed by atoms with van der Waals surface area (Å²) in [5, 5.41) is 42.9. The van der Waals surface area contributed by atoms with Crippen molar-refractivity contribution < 1.29 is 92.8 Å². The van der Waals surface area contributed by atoms with E-state index in [2.05, 4.69) is 71.6 Å². The molecule has 436 valence electrons. The number of aliphatic hydroxyl groups is 1. The molecule has 0 amide bonds. The number of nitrogens with one attached hydrogen (secondary N) is 4. The van der Waals surface area contributed by atoms with Crippen molar-refractivity contribution in [1.29, 1.82) is 0 Å². The van der Waals surface area contributed by atoms with Gasteiger partial charge in [-0.15, -0.1) is 20.5 Å². The van der Waals surface area contributed by atoms with E-state index in [1.54, 1.807) is 0 Å². The van der Waals surface area contributed by atoms with Gasteiger partial charge in [0.2, 0.25) is 34.4 Å².